The van der Waals surface area contributed by atoms with Gasteiger partial charge in [-0.2, -0.15) is 5.26 Å². The normalized spacial score (nSPS) is 21.4. The molecule has 0 saturated heterocycles. The maximum absolute atomic E-state index is 8.66. The highest BCUT2D eigenvalue weighted by molar-refractivity contribution is 4.95. The summed E-state index contributed by atoms with van der Waals surface area (Å²) in [6.45, 7) is 6.99. The maximum Gasteiger partial charge on any atom is 0.0621 e. The second-order valence-electron chi connectivity index (χ2n) is 5.40. The lowest BCUT2D eigenvalue weighted by Crippen LogP contribution is -2.32. The summed E-state index contributed by atoms with van der Waals surface area (Å²) in [5.74, 6) is 0. The van der Waals surface area contributed by atoms with E-state index in [9.17, 15) is 0 Å². The molecular weight excluding hydrogens is 158 g/mol. The minimum atomic E-state index is 0.375. The fourth-order valence-corrected chi connectivity index (χ4v) is 2.72. The predicted molar refractivity (Wildman–Crippen MR) is 55.2 cm³/mol. The second kappa shape index (κ2) is 3.70. The van der Waals surface area contributed by atoms with Crippen LogP contribution in [0.25, 0.3) is 0 Å². The summed E-state index contributed by atoms with van der Waals surface area (Å²) in [5, 5.41) is 8.66. The van der Waals surface area contributed by atoms with Crippen molar-refractivity contribution in [2.24, 2.45) is 10.8 Å². The molecule has 0 spiro atoms. The van der Waals surface area contributed by atoms with E-state index in [0.717, 1.165) is 12.8 Å². The summed E-state index contributed by atoms with van der Waals surface area (Å²) in [7, 11) is 0. The van der Waals surface area contributed by atoms with E-state index in [1.54, 1.807) is 0 Å². The molecule has 0 amide bonds. The highest BCUT2D eigenvalue weighted by Gasteiger charge is 2.42. The summed E-state index contributed by atoms with van der Waals surface area (Å²) in [6, 6.07) is 2.29. The molecule has 1 aliphatic rings. The Morgan fingerprint density at radius 3 is 2.15 bits per heavy atom. The maximum atomic E-state index is 8.66. The monoisotopic (exact) mass is 179 g/mol. The minimum Gasteiger partial charge on any atom is -0.198 e. The van der Waals surface area contributed by atoms with Crippen molar-refractivity contribution in [3.8, 4) is 6.07 Å². The van der Waals surface area contributed by atoms with E-state index in [1.165, 1.54) is 25.7 Å². The van der Waals surface area contributed by atoms with Crippen LogP contribution in [0.5, 0.6) is 0 Å². The van der Waals surface area contributed by atoms with Crippen LogP contribution in [0.3, 0.4) is 0 Å². The van der Waals surface area contributed by atoms with Gasteiger partial charge in [0.1, 0.15) is 0 Å². The van der Waals surface area contributed by atoms with Gasteiger partial charge in [-0.3, -0.25) is 0 Å². The van der Waals surface area contributed by atoms with Crippen molar-refractivity contribution in [2.45, 2.75) is 59.3 Å². The molecule has 0 aromatic heterocycles. The number of rotatable bonds is 2. The van der Waals surface area contributed by atoms with E-state index >= 15 is 0 Å². The van der Waals surface area contributed by atoms with E-state index in [-0.39, 0.29) is 0 Å². The molecule has 0 atom stereocenters. The van der Waals surface area contributed by atoms with Crippen LogP contribution in [0.15, 0.2) is 0 Å². The van der Waals surface area contributed by atoms with Crippen LogP contribution in [-0.2, 0) is 0 Å². The van der Waals surface area contributed by atoms with Gasteiger partial charge in [-0.05, 0) is 30.1 Å². The lowest BCUT2D eigenvalue weighted by Gasteiger charge is -2.42. The summed E-state index contributed by atoms with van der Waals surface area (Å²) < 4.78 is 0. The van der Waals surface area contributed by atoms with Gasteiger partial charge in [0.25, 0.3) is 0 Å². The molecule has 74 valence electrons. The van der Waals surface area contributed by atoms with Gasteiger partial charge in [0, 0.05) is 6.42 Å². The first-order chi connectivity index (χ1) is 6.02. The van der Waals surface area contributed by atoms with Gasteiger partial charge in [0.2, 0.25) is 0 Å². The van der Waals surface area contributed by atoms with Crippen LogP contribution in [0.4, 0.5) is 0 Å². The molecule has 0 unspecified atom stereocenters. The van der Waals surface area contributed by atoms with Gasteiger partial charge in [-0.1, -0.05) is 33.6 Å². The summed E-state index contributed by atoms with van der Waals surface area (Å²) >= 11 is 0. The molecule has 1 fully saturated rings. The van der Waals surface area contributed by atoms with Crippen molar-refractivity contribution in [3.05, 3.63) is 0 Å². The molecular formula is C12H21N. The van der Waals surface area contributed by atoms with Crippen molar-refractivity contribution >= 4 is 0 Å². The van der Waals surface area contributed by atoms with E-state index in [2.05, 4.69) is 26.8 Å². The second-order valence-corrected chi connectivity index (χ2v) is 5.40. The van der Waals surface area contributed by atoms with Gasteiger partial charge in [-0.15, -0.1) is 0 Å². The lowest BCUT2D eigenvalue weighted by molar-refractivity contribution is 0.0835. The molecule has 1 aliphatic carbocycles. The first kappa shape index (κ1) is 10.6. The minimum absolute atomic E-state index is 0.375. The fraction of sp³-hybridized carbons (Fsp3) is 0.917. The molecule has 0 radical (unpaired) electrons. The number of nitriles is 1. The summed E-state index contributed by atoms with van der Waals surface area (Å²) in [4.78, 5) is 0. The summed E-state index contributed by atoms with van der Waals surface area (Å²) in [6.07, 6.45) is 7.23. The molecule has 1 nitrogen and oxygen atoms in total. The smallest absolute Gasteiger partial charge is 0.0621 e. The first-order valence-electron chi connectivity index (χ1n) is 5.39. The van der Waals surface area contributed by atoms with E-state index in [1.807, 2.05) is 0 Å². The molecule has 1 rings (SSSR count). The Labute approximate surface area is 82.1 Å². The Bertz CT molecular complexity index is 198. The Balaban J connectivity index is 2.70. The molecule has 0 aliphatic heterocycles. The quantitative estimate of drug-likeness (QED) is 0.630. The number of hydrogen-bond acceptors (Lipinski definition) is 1. The molecule has 13 heavy (non-hydrogen) atoms. The van der Waals surface area contributed by atoms with Crippen molar-refractivity contribution in [1.29, 1.82) is 5.26 Å². The Morgan fingerprint density at radius 2 is 1.77 bits per heavy atom. The molecule has 0 heterocycles. The van der Waals surface area contributed by atoms with Gasteiger partial charge < -0.3 is 0 Å². The zero-order chi connectivity index (χ0) is 9.95. The predicted octanol–water partition coefficient (Wildman–Crippen LogP) is 3.90. The van der Waals surface area contributed by atoms with E-state index in [4.69, 9.17) is 5.26 Å². The van der Waals surface area contributed by atoms with Crippen molar-refractivity contribution < 1.29 is 0 Å². The third-order valence-corrected chi connectivity index (χ3v) is 3.87. The van der Waals surface area contributed by atoms with Crippen LogP contribution < -0.4 is 0 Å². The zero-order valence-corrected chi connectivity index (χ0v) is 9.19. The van der Waals surface area contributed by atoms with Gasteiger partial charge >= 0.3 is 0 Å². The molecule has 0 aromatic carbocycles. The van der Waals surface area contributed by atoms with Gasteiger partial charge in [-0.25, -0.2) is 0 Å². The van der Waals surface area contributed by atoms with Crippen LogP contribution in [0.2, 0.25) is 0 Å². The third-order valence-electron chi connectivity index (χ3n) is 3.87. The standard InChI is InChI=1S/C12H21N/c1-11(2,3)12(9-6-10-13)7-4-5-8-12/h4-9H2,1-3H3. The zero-order valence-electron chi connectivity index (χ0n) is 9.19. The average molecular weight is 179 g/mol. The molecule has 0 aromatic rings. The Kier molecular flexibility index (Phi) is 3.01. The Hall–Kier alpha value is -0.510. The fourth-order valence-electron chi connectivity index (χ4n) is 2.72. The highest BCUT2D eigenvalue weighted by atomic mass is 14.5. The van der Waals surface area contributed by atoms with E-state index < -0.39 is 0 Å². The van der Waals surface area contributed by atoms with Gasteiger partial charge in [0.05, 0.1) is 6.07 Å². The third kappa shape index (κ3) is 2.05. The lowest BCUT2D eigenvalue weighted by atomic mass is 9.63. The largest absolute Gasteiger partial charge is 0.198 e. The highest BCUT2D eigenvalue weighted by Crippen LogP contribution is 2.53. The SMILES string of the molecule is CC(C)(C)C1(CCC#N)CCCC1. The van der Waals surface area contributed by atoms with Crippen molar-refractivity contribution in [2.75, 3.05) is 0 Å². The number of hydrogen-bond donors (Lipinski definition) is 0. The van der Waals surface area contributed by atoms with Crippen LogP contribution >= 0.6 is 0 Å². The van der Waals surface area contributed by atoms with Crippen LogP contribution in [-0.4, -0.2) is 0 Å². The summed E-state index contributed by atoms with van der Waals surface area (Å²) in [5.41, 5.74) is 0.836. The Morgan fingerprint density at radius 1 is 1.23 bits per heavy atom. The van der Waals surface area contributed by atoms with Crippen LogP contribution in [0.1, 0.15) is 59.3 Å². The molecule has 0 N–H and O–H groups in total. The van der Waals surface area contributed by atoms with Crippen molar-refractivity contribution in [1.82, 2.24) is 0 Å². The number of nitrogens with zero attached hydrogens (tertiary/aromatic N) is 1. The molecule has 0 bridgehead atoms. The van der Waals surface area contributed by atoms with Crippen molar-refractivity contribution in [3.63, 3.8) is 0 Å². The van der Waals surface area contributed by atoms with Gasteiger partial charge in [0.15, 0.2) is 0 Å². The van der Waals surface area contributed by atoms with Crippen LogP contribution in [0, 0.1) is 22.2 Å². The average Bonchev–Trinajstić information content (AvgIpc) is 2.48. The van der Waals surface area contributed by atoms with E-state index in [0.29, 0.717) is 10.8 Å². The first-order valence-corrected chi connectivity index (χ1v) is 5.39. The molecule has 1 saturated carbocycles. The molecule has 1 heteroatoms. The topological polar surface area (TPSA) is 23.8 Å².